The summed E-state index contributed by atoms with van der Waals surface area (Å²) < 4.78 is 7.49. The Kier molecular flexibility index (Phi) is 6.46. The van der Waals surface area contributed by atoms with Gasteiger partial charge in [-0.3, -0.25) is 4.79 Å². The fourth-order valence-corrected chi connectivity index (χ4v) is 5.17. The monoisotopic (exact) mass is 485 g/mol. The molecule has 1 aliphatic heterocycles. The third-order valence-electron chi connectivity index (χ3n) is 5.93. The van der Waals surface area contributed by atoms with Crippen molar-refractivity contribution in [1.82, 2.24) is 14.9 Å². The topological polar surface area (TPSA) is 81.1 Å². The highest BCUT2D eigenvalue weighted by molar-refractivity contribution is 8.00. The predicted octanol–water partition coefficient (Wildman–Crippen LogP) is 5.36. The van der Waals surface area contributed by atoms with Crippen LogP contribution in [0.25, 0.3) is 11.4 Å². The summed E-state index contributed by atoms with van der Waals surface area (Å²) in [6, 6.07) is 23.5. The van der Waals surface area contributed by atoms with Crippen molar-refractivity contribution in [1.29, 1.82) is 0 Å². The molecule has 2 atom stereocenters. The molecule has 2 N–H and O–H groups in total. The number of benzene rings is 3. The number of amides is 1. The molecule has 1 aromatic heterocycles. The summed E-state index contributed by atoms with van der Waals surface area (Å²) in [6.45, 7) is 6.57. The van der Waals surface area contributed by atoms with E-state index in [1.807, 2.05) is 98.2 Å². The molecular weight excluding hydrogens is 458 g/mol. The van der Waals surface area contributed by atoms with Crippen LogP contribution in [0.15, 0.2) is 78.0 Å². The zero-order valence-corrected chi connectivity index (χ0v) is 20.7. The largest absolute Gasteiger partial charge is 0.494 e. The standard InChI is InChI=1S/C27H27N5O2S/c1-4-34-21-14-12-19(13-15-21)23-24(26(33)28-22-16-17(2)10-11-18(22)3)35-27-30-29-25(32(27)31-23)20-8-6-5-7-9-20/h5-16,23-24,31H,4H2,1-3H3,(H,28,33)/t23-,24-/m0/s1. The van der Waals surface area contributed by atoms with Crippen molar-refractivity contribution in [3.63, 3.8) is 0 Å². The van der Waals surface area contributed by atoms with Gasteiger partial charge in [0, 0.05) is 11.3 Å². The van der Waals surface area contributed by atoms with Crippen molar-refractivity contribution in [3.05, 3.63) is 89.5 Å². The summed E-state index contributed by atoms with van der Waals surface area (Å²) in [6.07, 6.45) is 0. The second-order valence-electron chi connectivity index (χ2n) is 8.46. The van der Waals surface area contributed by atoms with E-state index in [-0.39, 0.29) is 11.9 Å². The molecule has 3 aromatic carbocycles. The molecule has 0 saturated heterocycles. The van der Waals surface area contributed by atoms with Gasteiger partial charge in [-0.25, -0.2) is 4.68 Å². The molecule has 0 unspecified atom stereocenters. The van der Waals surface area contributed by atoms with Gasteiger partial charge in [-0.1, -0.05) is 66.4 Å². The molecule has 1 aliphatic rings. The number of hydrogen-bond donors (Lipinski definition) is 2. The first kappa shape index (κ1) is 23.0. The van der Waals surface area contributed by atoms with Crippen molar-refractivity contribution >= 4 is 23.4 Å². The lowest BCUT2D eigenvalue weighted by Gasteiger charge is -2.33. The minimum absolute atomic E-state index is 0.0920. The van der Waals surface area contributed by atoms with E-state index in [9.17, 15) is 4.79 Å². The number of fused-ring (bicyclic) bond motifs is 1. The van der Waals surface area contributed by atoms with E-state index in [1.54, 1.807) is 0 Å². The number of aryl methyl sites for hydroxylation is 2. The summed E-state index contributed by atoms with van der Waals surface area (Å²) >= 11 is 1.41. The van der Waals surface area contributed by atoms with Crippen LogP contribution in [0, 0.1) is 13.8 Å². The minimum atomic E-state index is -0.465. The molecule has 8 heteroatoms. The first-order chi connectivity index (χ1) is 17.0. The lowest BCUT2D eigenvalue weighted by molar-refractivity contribution is -0.116. The van der Waals surface area contributed by atoms with Crippen molar-refractivity contribution in [3.8, 4) is 17.1 Å². The Labute approximate surface area is 208 Å². The summed E-state index contributed by atoms with van der Waals surface area (Å²) in [4.78, 5) is 13.6. The van der Waals surface area contributed by atoms with Gasteiger partial charge < -0.3 is 15.5 Å². The third-order valence-corrected chi connectivity index (χ3v) is 7.14. The maximum Gasteiger partial charge on any atom is 0.240 e. The van der Waals surface area contributed by atoms with Crippen LogP contribution in [0.1, 0.15) is 29.7 Å². The highest BCUT2D eigenvalue weighted by atomic mass is 32.2. The van der Waals surface area contributed by atoms with E-state index < -0.39 is 5.25 Å². The van der Waals surface area contributed by atoms with E-state index in [0.29, 0.717) is 17.6 Å². The Morgan fingerprint density at radius 2 is 1.83 bits per heavy atom. The number of nitrogens with zero attached hydrogens (tertiary/aromatic N) is 3. The molecular formula is C27H27N5O2S. The molecule has 0 radical (unpaired) electrons. The van der Waals surface area contributed by atoms with E-state index >= 15 is 0 Å². The lowest BCUT2D eigenvalue weighted by Crippen LogP contribution is -2.41. The highest BCUT2D eigenvalue weighted by Gasteiger charge is 2.38. The van der Waals surface area contributed by atoms with Gasteiger partial charge in [-0.2, -0.15) is 0 Å². The van der Waals surface area contributed by atoms with Crippen LogP contribution < -0.4 is 15.5 Å². The van der Waals surface area contributed by atoms with Gasteiger partial charge in [0.1, 0.15) is 11.0 Å². The second kappa shape index (κ2) is 9.84. The van der Waals surface area contributed by atoms with Crippen LogP contribution in [-0.2, 0) is 4.79 Å². The quantitative estimate of drug-likeness (QED) is 0.383. The van der Waals surface area contributed by atoms with E-state index in [1.165, 1.54) is 11.8 Å². The van der Waals surface area contributed by atoms with Crippen LogP contribution in [0.2, 0.25) is 0 Å². The fraction of sp³-hybridized carbons (Fsp3) is 0.222. The molecule has 4 aromatic rings. The highest BCUT2D eigenvalue weighted by Crippen LogP contribution is 2.39. The van der Waals surface area contributed by atoms with Gasteiger partial charge in [0.15, 0.2) is 5.82 Å². The second-order valence-corrected chi connectivity index (χ2v) is 9.57. The van der Waals surface area contributed by atoms with Gasteiger partial charge in [-0.05, 0) is 55.7 Å². The zero-order chi connectivity index (χ0) is 24.4. The predicted molar refractivity (Wildman–Crippen MR) is 139 cm³/mol. The average Bonchev–Trinajstić information content (AvgIpc) is 3.30. The Morgan fingerprint density at radius 3 is 2.57 bits per heavy atom. The first-order valence-electron chi connectivity index (χ1n) is 11.6. The molecule has 5 rings (SSSR count). The van der Waals surface area contributed by atoms with Crippen LogP contribution in [-0.4, -0.2) is 32.6 Å². The number of carbonyl (C=O) groups is 1. The van der Waals surface area contributed by atoms with Crippen LogP contribution in [0.4, 0.5) is 5.69 Å². The van der Waals surface area contributed by atoms with E-state index in [0.717, 1.165) is 33.7 Å². The smallest absolute Gasteiger partial charge is 0.240 e. The molecule has 1 amide bonds. The van der Waals surface area contributed by atoms with Crippen LogP contribution in [0.3, 0.4) is 0 Å². The molecule has 2 heterocycles. The summed E-state index contributed by atoms with van der Waals surface area (Å²) in [5.74, 6) is 1.41. The zero-order valence-electron chi connectivity index (χ0n) is 19.9. The lowest BCUT2D eigenvalue weighted by atomic mass is 10.0. The molecule has 0 bridgehead atoms. The first-order valence-corrected chi connectivity index (χ1v) is 12.5. The Bertz CT molecular complexity index is 1340. The van der Waals surface area contributed by atoms with E-state index in [4.69, 9.17) is 4.74 Å². The normalized spacial score (nSPS) is 16.8. The molecule has 0 saturated carbocycles. The number of ether oxygens (including phenoxy) is 1. The molecule has 0 fully saturated rings. The van der Waals surface area contributed by atoms with Gasteiger partial charge in [0.2, 0.25) is 11.1 Å². The molecule has 35 heavy (non-hydrogen) atoms. The number of nitrogens with one attached hydrogen (secondary N) is 2. The Morgan fingerprint density at radius 1 is 1.06 bits per heavy atom. The number of anilines is 1. The minimum Gasteiger partial charge on any atom is -0.494 e. The third kappa shape index (κ3) is 4.74. The fourth-order valence-electron chi connectivity index (χ4n) is 4.09. The number of rotatable bonds is 6. The van der Waals surface area contributed by atoms with Crippen LogP contribution >= 0.6 is 11.8 Å². The molecule has 0 spiro atoms. The van der Waals surface area contributed by atoms with Gasteiger partial charge in [0.25, 0.3) is 0 Å². The van der Waals surface area contributed by atoms with Crippen LogP contribution in [0.5, 0.6) is 5.75 Å². The maximum atomic E-state index is 13.6. The summed E-state index contributed by atoms with van der Waals surface area (Å²) in [7, 11) is 0. The molecule has 0 aliphatic carbocycles. The number of thioether (sulfide) groups is 1. The Balaban J connectivity index is 1.51. The average molecular weight is 486 g/mol. The molecule has 7 nitrogen and oxygen atoms in total. The SMILES string of the molecule is CCOc1ccc([C@@H]2Nn3c(nnc3-c3ccccc3)S[C@@H]2C(=O)Nc2cc(C)ccc2C)cc1. The number of aromatic nitrogens is 3. The Hall–Kier alpha value is -3.78. The molecule has 178 valence electrons. The van der Waals surface area contributed by atoms with Crippen molar-refractivity contribution in [2.45, 2.75) is 37.2 Å². The number of hydrogen-bond acceptors (Lipinski definition) is 6. The van der Waals surface area contributed by atoms with Crippen molar-refractivity contribution in [2.24, 2.45) is 0 Å². The maximum absolute atomic E-state index is 13.6. The van der Waals surface area contributed by atoms with Crippen molar-refractivity contribution < 1.29 is 9.53 Å². The van der Waals surface area contributed by atoms with Gasteiger partial charge in [-0.15, -0.1) is 10.2 Å². The van der Waals surface area contributed by atoms with Gasteiger partial charge in [0.05, 0.1) is 12.6 Å². The van der Waals surface area contributed by atoms with E-state index in [2.05, 4.69) is 20.9 Å². The van der Waals surface area contributed by atoms with Crippen molar-refractivity contribution in [2.75, 3.05) is 17.3 Å². The number of carbonyl (C=O) groups excluding carboxylic acids is 1. The summed E-state index contributed by atoms with van der Waals surface area (Å²) in [5, 5.41) is 12.1. The van der Waals surface area contributed by atoms with Gasteiger partial charge >= 0.3 is 0 Å². The summed E-state index contributed by atoms with van der Waals surface area (Å²) in [5.41, 5.74) is 8.37.